The Morgan fingerprint density at radius 2 is 2.10 bits per heavy atom. The summed E-state index contributed by atoms with van der Waals surface area (Å²) in [6.45, 7) is 3.31. The van der Waals surface area contributed by atoms with Crippen molar-refractivity contribution in [2.45, 2.75) is 84.0 Å². The molecule has 2 aromatic rings. The molecule has 1 aliphatic heterocycles. The number of phosphoric acid groups is 1. The Morgan fingerprint density at radius 1 is 1.34 bits per heavy atom. The molecule has 0 spiro atoms. The number of amides is 1. The Hall–Kier alpha value is -4.89. The number of carbonyl (C=O) groups excluding carboxylic acids is 2. The van der Waals surface area contributed by atoms with Crippen molar-refractivity contribution in [3.05, 3.63) is 82.5 Å². The van der Waals surface area contributed by atoms with Gasteiger partial charge in [0.25, 0.3) is 11.2 Å². The SMILES string of the molecule is CC(=O)O[C@H]1C[C@H](n2cc(C)c(=O)[nH]c2=O)O[C@@H]1COP(=O)(OCCC#N)OC(C)c1cc(CNC(=O)CCCCN=[N+]=[N-])ccc1[N+](=O)[O-]. The second kappa shape index (κ2) is 18.8. The fourth-order valence-electron chi connectivity index (χ4n) is 4.88. The van der Waals surface area contributed by atoms with Gasteiger partial charge >= 0.3 is 19.5 Å². The zero-order chi connectivity index (χ0) is 36.8. The van der Waals surface area contributed by atoms with E-state index in [1.807, 2.05) is 6.07 Å². The number of hydrogen-bond donors (Lipinski definition) is 2. The van der Waals surface area contributed by atoms with Gasteiger partial charge in [0, 0.05) is 55.6 Å². The highest BCUT2D eigenvalue weighted by molar-refractivity contribution is 7.48. The third-order valence-corrected chi connectivity index (χ3v) is 8.83. The van der Waals surface area contributed by atoms with Gasteiger partial charge in [0.15, 0.2) is 0 Å². The van der Waals surface area contributed by atoms with E-state index in [9.17, 15) is 33.9 Å². The summed E-state index contributed by atoms with van der Waals surface area (Å²) >= 11 is 0. The van der Waals surface area contributed by atoms with Crippen molar-refractivity contribution in [3.63, 3.8) is 0 Å². The van der Waals surface area contributed by atoms with Crippen LogP contribution in [0.25, 0.3) is 10.4 Å². The normalized spacial score (nSPS) is 18.6. The number of ether oxygens (including phenoxy) is 2. The van der Waals surface area contributed by atoms with Gasteiger partial charge in [-0.1, -0.05) is 11.2 Å². The second-order valence-corrected chi connectivity index (χ2v) is 12.7. The van der Waals surface area contributed by atoms with Crippen molar-refractivity contribution in [2.24, 2.45) is 5.11 Å². The first-order valence-electron chi connectivity index (χ1n) is 15.4. The number of aromatic nitrogens is 2. The van der Waals surface area contributed by atoms with Crippen LogP contribution in [-0.2, 0) is 43.7 Å². The van der Waals surface area contributed by atoms with Crippen molar-refractivity contribution in [1.29, 1.82) is 5.26 Å². The summed E-state index contributed by atoms with van der Waals surface area (Å²) in [5.74, 6) is -0.968. The van der Waals surface area contributed by atoms with E-state index in [2.05, 4.69) is 20.3 Å². The number of hydrogen-bond acceptors (Lipinski definition) is 14. The lowest BCUT2D eigenvalue weighted by molar-refractivity contribution is -0.386. The summed E-state index contributed by atoms with van der Waals surface area (Å²) < 4.78 is 42.9. The maximum Gasteiger partial charge on any atom is 0.475 e. The summed E-state index contributed by atoms with van der Waals surface area (Å²) in [5.41, 5.74) is 7.25. The molecule has 1 aromatic carbocycles. The van der Waals surface area contributed by atoms with Gasteiger partial charge in [-0.25, -0.2) is 9.36 Å². The van der Waals surface area contributed by atoms with Crippen LogP contribution in [0, 0.1) is 28.4 Å². The number of benzene rings is 1. The molecule has 2 unspecified atom stereocenters. The number of carbonyl (C=O) groups is 2. The third kappa shape index (κ3) is 11.6. The minimum absolute atomic E-state index is 0.00929. The van der Waals surface area contributed by atoms with Crippen LogP contribution in [0.3, 0.4) is 0 Å². The predicted octanol–water partition coefficient (Wildman–Crippen LogP) is 3.90. The Balaban J connectivity index is 1.79. The first-order valence-corrected chi connectivity index (χ1v) is 16.9. The Kier molecular flexibility index (Phi) is 14.8. The Bertz CT molecular complexity index is 1800. The summed E-state index contributed by atoms with van der Waals surface area (Å²) in [6, 6.07) is 5.87. The minimum atomic E-state index is -4.63. The number of aromatic amines is 1. The topological polar surface area (TPSA) is 280 Å². The number of nitrogens with zero attached hydrogens (tertiary/aromatic N) is 6. The van der Waals surface area contributed by atoms with Gasteiger partial charge < -0.3 is 14.8 Å². The summed E-state index contributed by atoms with van der Waals surface area (Å²) in [4.78, 5) is 64.5. The molecular weight excluding hydrogens is 683 g/mol. The number of unbranched alkanes of at least 4 members (excludes halogenated alkanes) is 1. The van der Waals surface area contributed by atoms with Gasteiger partial charge in [0.1, 0.15) is 18.4 Å². The zero-order valence-corrected chi connectivity index (χ0v) is 28.4. The molecule has 0 saturated carbocycles. The number of esters is 1. The first-order chi connectivity index (χ1) is 23.8. The zero-order valence-electron chi connectivity index (χ0n) is 27.5. The molecule has 1 saturated heterocycles. The smallest absolute Gasteiger partial charge is 0.460 e. The molecule has 21 heteroatoms. The van der Waals surface area contributed by atoms with Crippen LogP contribution in [0.4, 0.5) is 5.69 Å². The molecule has 1 amide bonds. The molecule has 50 heavy (non-hydrogen) atoms. The van der Waals surface area contributed by atoms with Crippen LogP contribution < -0.4 is 16.6 Å². The van der Waals surface area contributed by atoms with E-state index < -0.39 is 67.7 Å². The molecule has 20 nitrogen and oxygen atoms in total. The number of nitrogens with one attached hydrogen (secondary N) is 2. The average molecular weight is 721 g/mol. The highest BCUT2D eigenvalue weighted by atomic mass is 31.2. The van der Waals surface area contributed by atoms with E-state index in [1.165, 1.54) is 38.2 Å². The highest BCUT2D eigenvalue weighted by Gasteiger charge is 2.42. The molecule has 2 heterocycles. The molecule has 5 atom stereocenters. The molecule has 1 fully saturated rings. The monoisotopic (exact) mass is 720 g/mol. The Labute approximate surface area is 285 Å². The number of azide groups is 1. The van der Waals surface area contributed by atoms with Crippen LogP contribution in [0.15, 0.2) is 39.1 Å². The van der Waals surface area contributed by atoms with Gasteiger partial charge in [-0.15, -0.1) is 0 Å². The lowest BCUT2D eigenvalue weighted by atomic mass is 10.0. The number of nitro benzene ring substituents is 1. The van der Waals surface area contributed by atoms with Crippen LogP contribution in [-0.4, -0.2) is 58.3 Å². The Morgan fingerprint density at radius 3 is 2.78 bits per heavy atom. The molecule has 1 aromatic heterocycles. The molecule has 1 aliphatic rings. The molecule has 2 N–H and O–H groups in total. The largest absolute Gasteiger partial charge is 0.475 e. The summed E-state index contributed by atoms with van der Waals surface area (Å²) in [5, 5.41) is 27.0. The van der Waals surface area contributed by atoms with Crippen molar-refractivity contribution in [2.75, 3.05) is 19.8 Å². The predicted molar refractivity (Wildman–Crippen MR) is 172 cm³/mol. The van der Waals surface area contributed by atoms with Crippen molar-refractivity contribution in [1.82, 2.24) is 14.9 Å². The number of rotatable bonds is 19. The quantitative estimate of drug-likeness (QED) is 0.0305. The number of nitriles is 1. The van der Waals surface area contributed by atoms with Gasteiger partial charge in [-0.3, -0.25) is 47.6 Å². The fraction of sp³-hybridized carbons (Fsp3) is 0.552. The van der Waals surface area contributed by atoms with E-state index in [-0.39, 0.29) is 55.1 Å². The lowest BCUT2D eigenvalue weighted by Gasteiger charge is -2.24. The highest BCUT2D eigenvalue weighted by Crippen LogP contribution is 2.54. The van der Waals surface area contributed by atoms with Crippen LogP contribution in [0.5, 0.6) is 0 Å². The van der Waals surface area contributed by atoms with E-state index in [4.69, 9.17) is 33.8 Å². The van der Waals surface area contributed by atoms with Gasteiger partial charge in [-0.05, 0) is 43.9 Å². The van der Waals surface area contributed by atoms with Crippen molar-refractivity contribution in [3.8, 4) is 6.07 Å². The molecule has 270 valence electrons. The van der Waals surface area contributed by atoms with Crippen LogP contribution in [0.1, 0.15) is 75.0 Å². The van der Waals surface area contributed by atoms with E-state index in [1.54, 1.807) is 0 Å². The van der Waals surface area contributed by atoms with Crippen LogP contribution >= 0.6 is 7.82 Å². The van der Waals surface area contributed by atoms with Crippen molar-refractivity contribution < 1.29 is 42.1 Å². The number of phosphoric ester groups is 1. The molecule has 0 bridgehead atoms. The van der Waals surface area contributed by atoms with E-state index >= 15 is 0 Å². The summed E-state index contributed by atoms with van der Waals surface area (Å²) in [7, 11) is -4.63. The standard InChI is InChI=1S/C29H37N8O12P/c1-18-16-36(29(41)34-28(18)40)27-14-24(47-20(3)38)25(48-27)17-46-50(44,45-12-6-10-30)49-19(2)22-13-21(8-9-23(22)37(42)43)15-32-26(39)7-4-5-11-33-35-31/h8-9,13,16,19,24-25,27H,4-7,11-12,14-15,17H2,1-3H3,(H,32,39)(H,34,40,41)/t19?,24-,25+,27+,50?/m0/s1. The second-order valence-electron chi connectivity index (χ2n) is 11.1. The lowest BCUT2D eigenvalue weighted by Crippen LogP contribution is -2.33. The maximum atomic E-state index is 13.9. The number of H-pyrrole nitrogens is 1. The van der Waals surface area contributed by atoms with E-state index in [0.717, 1.165) is 11.5 Å². The van der Waals surface area contributed by atoms with Gasteiger partial charge in [0.2, 0.25) is 5.91 Å². The molecular formula is C29H37N8O12P. The number of aryl methyl sites for hydroxylation is 1. The minimum Gasteiger partial charge on any atom is -0.460 e. The third-order valence-electron chi connectivity index (χ3n) is 7.29. The van der Waals surface area contributed by atoms with Crippen molar-refractivity contribution >= 4 is 25.4 Å². The molecule has 0 aliphatic carbocycles. The van der Waals surface area contributed by atoms with Gasteiger partial charge in [0.05, 0.1) is 42.3 Å². The fourth-order valence-corrected chi connectivity index (χ4v) is 6.22. The first kappa shape index (κ1) is 39.5. The summed E-state index contributed by atoms with van der Waals surface area (Å²) in [6.07, 6.45) is -2.20. The molecule has 3 rings (SSSR count). The van der Waals surface area contributed by atoms with Gasteiger partial charge in [-0.2, -0.15) is 5.26 Å². The average Bonchev–Trinajstić information content (AvgIpc) is 3.45. The molecule has 0 radical (unpaired) electrons. The van der Waals surface area contributed by atoms with Crippen LogP contribution in [0.2, 0.25) is 0 Å². The number of nitro groups is 1. The maximum absolute atomic E-state index is 13.9. The van der Waals surface area contributed by atoms with E-state index in [0.29, 0.717) is 18.4 Å².